The van der Waals surface area contributed by atoms with Gasteiger partial charge in [-0.3, -0.25) is 0 Å². The van der Waals surface area contributed by atoms with E-state index >= 15 is 0 Å². The van der Waals surface area contributed by atoms with E-state index in [-0.39, 0.29) is 10.7 Å². The molecule has 142 valence electrons. The van der Waals surface area contributed by atoms with Gasteiger partial charge in [-0.1, -0.05) is 0 Å². The Morgan fingerprint density at radius 2 is 2.19 bits per heavy atom. The first-order valence-corrected chi connectivity index (χ1v) is 13.2. The fraction of sp³-hybridized carbons (Fsp3) is 0.400. The molecule has 1 aromatic rings. The van der Waals surface area contributed by atoms with Crippen LogP contribution >= 0.6 is 0 Å². The van der Waals surface area contributed by atoms with Crippen LogP contribution in [0.2, 0.25) is 10.9 Å². The minimum atomic E-state index is -1.32. The first-order chi connectivity index (χ1) is 13.0. The average molecular weight is 431 g/mol. The van der Waals surface area contributed by atoms with Crippen LogP contribution in [0.1, 0.15) is 12.8 Å². The molecule has 0 saturated carbocycles. The van der Waals surface area contributed by atoms with Crippen LogP contribution in [-0.2, 0) is 4.74 Å². The molecule has 0 N–H and O–H groups in total. The number of nitriles is 1. The van der Waals surface area contributed by atoms with Crippen molar-refractivity contribution < 1.29 is 13.9 Å². The van der Waals surface area contributed by atoms with Gasteiger partial charge in [0, 0.05) is 0 Å². The molecule has 0 spiro atoms. The Balaban J connectivity index is 1.70. The third kappa shape index (κ3) is 4.36. The van der Waals surface area contributed by atoms with Crippen LogP contribution in [0.5, 0.6) is 0 Å². The summed E-state index contributed by atoms with van der Waals surface area (Å²) in [5.74, 6) is -0.339. The molecule has 2 atom stereocenters. The number of cyclic esters (lactones) is 1. The van der Waals surface area contributed by atoms with Gasteiger partial charge in [0.05, 0.1) is 6.07 Å². The quantitative estimate of drug-likeness (QED) is 0.401. The summed E-state index contributed by atoms with van der Waals surface area (Å²) < 4.78 is 20.2. The maximum atomic E-state index is 14.7. The number of piperidine rings is 1. The zero-order valence-electron chi connectivity index (χ0n) is 15.4. The molecule has 1 aromatic carbocycles. The van der Waals surface area contributed by atoms with Gasteiger partial charge in [0.1, 0.15) is 0 Å². The molecule has 0 aliphatic carbocycles. The van der Waals surface area contributed by atoms with Crippen LogP contribution in [0, 0.1) is 17.1 Å². The average Bonchev–Trinajstić information content (AvgIpc) is 3.05. The first-order valence-electron chi connectivity index (χ1n) is 8.94. The number of hydrogen-bond acceptors (Lipinski definition) is 4. The zero-order valence-corrected chi connectivity index (χ0v) is 17.3. The molecule has 7 heteroatoms. The molecule has 2 aliphatic rings. The molecule has 2 fully saturated rings. The summed E-state index contributed by atoms with van der Waals surface area (Å²) in [6.07, 6.45) is 4.59. The van der Waals surface area contributed by atoms with Crippen molar-refractivity contribution in [2.75, 3.05) is 29.4 Å². The van der Waals surface area contributed by atoms with E-state index in [4.69, 9.17) is 10.00 Å². The second-order valence-corrected chi connectivity index (χ2v) is 11.9. The van der Waals surface area contributed by atoms with Crippen molar-refractivity contribution in [3.05, 3.63) is 48.3 Å². The number of benzene rings is 1. The molecule has 1 unspecified atom stereocenters. The van der Waals surface area contributed by atoms with E-state index in [9.17, 15) is 9.18 Å². The van der Waals surface area contributed by atoms with Gasteiger partial charge in [-0.05, 0) is 0 Å². The molecular formula is C20H23AsFN3O2. The molecule has 5 nitrogen and oxygen atoms in total. The molecule has 2 saturated heterocycles. The molecule has 2 aliphatic heterocycles. The standard InChI is InChI=1S/C20H23AsFN3O2/c1-3-9-21(2)19-14-25(20(26)27-19)16-4-5-18(17(22)13-16)24-11-7-15(6-10-23)8-12-24/h3-6,13,19H,1,7-9,11-12,14H2,2H3/t19-,21?/m1/s1. The summed E-state index contributed by atoms with van der Waals surface area (Å²) in [5.41, 5.74) is 4.33. The Hall–Kier alpha value is -2.25. The van der Waals surface area contributed by atoms with Gasteiger partial charge in [0.25, 0.3) is 0 Å². The third-order valence-corrected chi connectivity index (χ3v) is 9.34. The number of amides is 1. The van der Waals surface area contributed by atoms with Gasteiger partial charge < -0.3 is 0 Å². The molecule has 0 bridgehead atoms. The summed E-state index contributed by atoms with van der Waals surface area (Å²) in [7, 11) is 0. The molecular weight excluding hydrogens is 408 g/mol. The molecule has 2 heterocycles. The topological polar surface area (TPSA) is 56.6 Å². The normalized spacial score (nSPS) is 20.9. The van der Waals surface area contributed by atoms with E-state index in [1.165, 1.54) is 11.0 Å². The summed E-state index contributed by atoms with van der Waals surface area (Å²) in [5, 5.41) is 9.65. The summed E-state index contributed by atoms with van der Waals surface area (Å²) in [6.45, 7) is 5.60. The fourth-order valence-corrected chi connectivity index (χ4v) is 6.24. The van der Waals surface area contributed by atoms with Gasteiger partial charge in [-0.25, -0.2) is 0 Å². The van der Waals surface area contributed by atoms with Crippen molar-refractivity contribution in [1.29, 1.82) is 5.26 Å². The van der Waals surface area contributed by atoms with Crippen molar-refractivity contribution in [2.24, 2.45) is 0 Å². The first kappa shape index (κ1) is 19.5. The fourth-order valence-electron chi connectivity index (χ4n) is 3.40. The Morgan fingerprint density at radius 3 is 2.81 bits per heavy atom. The monoisotopic (exact) mass is 431 g/mol. The number of rotatable bonds is 5. The zero-order chi connectivity index (χ0) is 19.4. The number of halogens is 1. The third-order valence-electron chi connectivity index (χ3n) is 4.96. The van der Waals surface area contributed by atoms with Crippen LogP contribution in [0.25, 0.3) is 0 Å². The number of nitrogens with zero attached hydrogens (tertiary/aromatic N) is 3. The second kappa shape index (κ2) is 8.62. The van der Waals surface area contributed by atoms with Crippen LogP contribution in [0.15, 0.2) is 42.5 Å². The van der Waals surface area contributed by atoms with Crippen LogP contribution < -0.4 is 9.80 Å². The van der Waals surface area contributed by atoms with Crippen molar-refractivity contribution in [2.45, 2.75) is 28.7 Å². The molecule has 27 heavy (non-hydrogen) atoms. The Labute approximate surface area is 164 Å². The maximum absolute atomic E-state index is 14.7. The van der Waals surface area contributed by atoms with Crippen molar-refractivity contribution in [1.82, 2.24) is 0 Å². The van der Waals surface area contributed by atoms with Gasteiger partial charge in [-0.2, -0.15) is 5.26 Å². The predicted octanol–water partition coefficient (Wildman–Crippen LogP) is 4.05. The van der Waals surface area contributed by atoms with Crippen molar-refractivity contribution >= 4 is 32.1 Å². The number of carbonyl (C=O) groups is 1. The number of anilines is 2. The number of ether oxygens (including phenoxy) is 1. The van der Waals surface area contributed by atoms with Gasteiger partial charge in [0.15, 0.2) is 0 Å². The molecule has 0 aromatic heterocycles. The van der Waals surface area contributed by atoms with Crippen molar-refractivity contribution in [3.63, 3.8) is 0 Å². The number of hydrogen-bond donors (Lipinski definition) is 0. The van der Waals surface area contributed by atoms with E-state index in [0.29, 0.717) is 31.0 Å². The van der Waals surface area contributed by atoms with Crippen LogP contribution in [0.3, 0.4) is 0 Å². The van der Waals surface area contributed by atoms with Crippen LogP contribution in [-0.4, -0.2) is 45.3 Å². The predicted molar refractivity (Wildman–Crippen MR) is 106 cm³/mol. The summed E-state index contributed by atoms with van der Waals surface area (Å²) >= 11 is -1.32. The Kier molecular flexibility index (Phi) is 6.23. The SMILES string of the molecule is C=CC[As](C)[C@H]1CN(c2ccc(N3CCC(=CC#N)CC3)c(F)c2)C(=O)O1. The van der Waals surface area contributed by atoms with E-state index in [2.05, 4.69) is 18.4 Å². The van der Waals surface area contributed by atoms with E-state index in [1.54, 1.807) is 18.2 Å². The molecule has 3 rings (SSSR count). The van der Waals surface area contributed by atoms with Crippen molar-refractivity contribution in [3.8, 4) is 6.07 Å². The molecule has 1 amide bonds. The van der Waals surface area contributed by atoms with E-state index in [0.717, 1.165) is 23.6 Å². The van der Waals surface area contributed by atoms with Crippen LogP contribution in [0.4, 0.5) is 20.6 Å². The summed E-state index contributed by atoms with van der Waals surface area (Å²) in [6, 6.07) is 6.99. The minimum absolute atomic E-state index is 0.0711. The summed E-state index contributed by atoms with van der Waals surface area (Å²) in [4.78, 5) is 15.7. The number of carbonyl (C=O) groups excluding carboxylic acids is 1. The Bertz CT molecular complexity index is 795. The van der Waals surface area contributed by atoms with Gasteiger partial charge in [-0.15, -0.1) is 0 Å². The van der Waals surface area contributed by atoms with Gasteiger partial charge in [0.2, 0.25) is 0 Å². The molecule has 0 radical (unpaired) electrons. The van der Waals surface area contributed by atoms with E-state index in [1.807, 2.05) is 11.0 Å². The second-order valence-electron chi connectivity index (χ2n) is 6.73. The van der Waals surface area contributed by atoms with E-state index < -0.39 is 20.7 Å². The Morgan fingerprint density at radius 1 is 1.44 bits per heavy atom. The van der Waals surface area contributed by atoms with Gasteiger partial charge >= 0.3 is 152 Å². The number of allylic oxidation sites excluding steroid dienone is 2.